The van der Waals surface area contributed by atoms with Gasteiger partial charge in [0.2, 0.25) is 15.9 Å². The highest BCUT2D eigenvalue weighted by Gasteiger charge is 2.31. The molecule has 0 radical (unpaired) electrons. The van der Waals surface area contributed by atoms with E-state index in [2.05, 4.69) is 5.32 Å². The average Bonchev–Trinajstić information content (AvgIpc) is 2.72. The van der Waals surface area contributed by atoms with Crippen LogP contribution in [0.4, 0.5) is 4.39 Å². The summed E-state index contributed by atoms with van der Waals surface area (Å²) in [5.74, 6) is -0.417. The highest BCUT2D eigenvalue weighted by atomic mass is 32.2. The third-order valence-electron chi connectivity index (χ3n) is 5.14. The van der Waals surface area contributed by atoms with E-state index < -0.39 is 15.8 Å². The lowest BCUT2D eigenvalue weighted by molar-refractivity contribution is -0.121. The Balaban J connectivity index is 1.44. The van der Waals surface area contributed by atoms with Gasteiger partial charge in [0.15, 0.2) is 0 Å². The van der Waals surface area contributed by atoms with E-state index in [0.29, 0.717) is 44.8 Å². The number of hydrogen-bond acceptors (Lipinski definition) is 3. The first kappa shape index (κ1) is 20.5. The molecule has 0 spiro atoms. The summed E-state index contributed by atoms with van der Waals surface area (Å²) in [5.41, 5.74) is 1.06. The Morgan fingerprint density at radius 3 is 2.36 bits per heavy atom. The molecule has 1 saturated heterocycles. The van der Waals surface area contributed by atoms with Crippen LogP contribution < -0.4 is 5.32 Å². The Bertz CT molecular complexity index is 895. The Morgan fingerprint density at radius 1 is 1.04 bits per heavy atom. The summed E-state index contributed by atoms with van der Waals surface area (Å²) >= 11 is 0. The fourth-order valence-electron chi connectivity index (χ4n) is 3.45. The number of benzene rings is 2. The number of nitrogens with zero attached hydrogens (tertiary/aromatic N) is 1. The SMILES string of the molecule is O=C(CCC1CCN(S(=O)(=O)c2ccccc2F)CC1)NCc1ccccc1. The van der Waals surface area contributed by atoms with Gasteiger partial charge >= 0.3 is 0 Å². The summed E-state index contributed by atoms with van der Waals surface area (Å²) in [6.07, 6.45) is 2.52. The lowest BCUT2D eigenvalue weighted by atomic mass is 9.93. The smallest absolute Gasteiger partial charge is 0.245 e. The standard InChI is InChI=1S/C21H25FN2O3S/c22-19-8-4-5-9-20(19)28(26,27)24-14-12-17(13-15-24)10-11-21(25)23-16-18-6-2-1-3-7-18/h1-9,17H,10-16H2,(H,23,25). The van der Waals surface area contributed by atoms with Crippen LogP contribution in [0.2, 0.25) is 0 Å². The first-order valence-electron chi connectivity index (χ1n) is 9.52. The van der Waals surface area contributed by atoms with E-state index in [1.807, 2.05) is 30.3 Å². The monoisotopic (exact) mass is 404 g/mol. The summed E-state index contributed by atoms with van der Waals surface area (Å²) in [4.78, 5) is 11.8. The number of amides is 1. The predicted molar refractivity (Wildman–Crippen MR) is 105 cm³/mol. The van der Waals surface area contributed by atoms with E-state index in [1.54, 1.807) is 0 Å². The zero-order chi connectivity index (χ0) is 20.0. The van der Waals surface area contributed by atoms with Crippen LogP contribution in [-0.4, -0.2) is 31.7 Å². The minimum Gasteiger partial charge on any atom is -0.352 e. The van der Waals surface area contributed by atoms with Crippen LogP contribution in [0.25, 0.3) is 0 Å². The van der Waals surface area contributed by atoms with Crippen molar-refractivity contribution in [2.45, 2.75) is 37.1 Å². The minimum absolute atomic E-state index is 0.00487. The number of hydrogen-bond donors (Lipinski definition) is 1. The second-order valence-corrected chi connectivity index (χ2v) is 8.99. The maximum atomic E-state index is 13.9. The van der Waals surface area contributed by atoms with Crippen molar-refractivity contribution in [2.24, 2.45) is 5.92 Å². The average molecular weight is 405 g/mol. The molecular formula is C21H25FN2O3S. The largest absolute Gasteiger partial charge is 0.352 e. The van der Waals surface area contributed by atoms with Crippen molar-refractivity contribution >= 4 is 15.9 Å². The van der Waals surface area contributed by atoms with Gasteiger partial charge < -0.3 is 5.32 Å². The second kappa shape index (κ2) is 9.30. The normalized spacial score (nSPS) is 16.0. The molecule has 0 unspecified atom stereocenters. The Morgan fingerprint density at radius 2 is 1.68 bits per heavy atom. The summed E-state index contributed by atoms with van der Waals surface area (Å²) < 4.78 is 40.5. The molecule has 1 N–H and O–H groups in total. The first-order chi connectivity index (χ1) is 13.5. The quantitative estimate of drug-likeness (QED) is 0.770. The third kappa shape index (κ3) is 5.17. The number of carbonyl (C=O) groups excluding carboxylic acids is 1. The van der Waals surface area contributed by atoms with Crippen LogP contribution in [0, 0.1) is 11.7 Å². The molecule has 1 fully saturated rings. The van der Waals surface area contributed by atoms with Crippen LogP contribution >= 0.6 is 0 Å². The molecule has 2 aromatic rings. The van der Waals surface area contributed by atoms with Crippen molar-refractivity contribution in [2.75, 3.05) is 13.1 Å². The molecule has 3 rings (SSSR count). The maximum Gasteiger partial charge on any atom is 0.245 e. The molecule has 1 heterocycles. The van der Waals surface area contributed by atoms with E-state index in [4.69, 9.17) is 0 Å². The van der Waals surface area contributed by atoms with E-state index >= 15 is 0 Å². The molecule has 28 heavy (non-hydrogen) atoms. The molecule has 1 amide bonds. The summed E-state index contributed by atoms with van der Waals surface area (Å²) in [7, 11) is -3.81. The van der Waals surface area contributed by atoms with Crippen molar-refractivity contribution in [1.29, 1.82) is 0 Å². The highest BCUT2D eigenvalue weighted by molar-refractivity contribution is 7.89. The maximum absolute atomic E-state index is 13.9. The Kier molecular flexibility index (Phi) is 6.80. The molecule has 2 aromatic carbocycles. The van der Waals surface area contributed by atoms with Gasteiger partial charge in [-0.05, 0) is 42.9 Å². The third-order valence-corrected chi connectivity index (χ3v) is 7.07. The fourth-order valence-corrected chi connectivity index (χ4v) is 4.99. The van der Waals surface area contributed by atoms with Crippen molar-refractivity contribution in [3.05, 3.63) is 66.0 Å². The van der Waals surface area contributed by atoms with Crippen LogP contribution in [-0.2, 0) is 21.4 Å². The molecular weight excluding hydrogens is 379 g/mol. The topological polar surface area (TPSA) is 66.5 Å². The van der Waals surface area contributed by atoms with Crippen LogP contribution in [0.15, 0.2) is 59.5 Å². The summed E-state index contributed by atoms with van der Waals surface area (Å²) in [6, 6.07) is 15.2. The Labute approximate surface area is 165 Å². The van der Waals surface area contributed by atoms with Crippen LogP contribution in [0.1, 0.15) is 31.2 Å². The van der Waals surface area contributed by atoms with Crippen LogP contribution in [0.5, 0.6) is 0 Å². The molecule has 0 bridgehead atoms. The van der Waals surface area contributed by atoms with Gasteiger partial charge in [0.1, 0.15) is 10.7 Å². The van der Waals surface area contributed by atoms with Crippen molar-refractivity contribution in [1.82, 2.24) is 9.62 Å². The van der Waals surface area contributed by atoms with Gasteiger partial charge in [0, 0.05) is 26.1 Å². The van der Waals surface area contributed by atoms with Gasteiger partial charge in [-0.3, -0.25) is 4.79 Å². The predicted octanol–water partition coefficient (Wildman–Crippen LogP) is 3.32. The van der Waals surface area contributed by atoms with Crippen LogP contribution in [0.3, 0.4) is 0 Å². The molecule has 7 heteroatoms. The van der Waals surface area contributed by atoms with Crippen molar-refractivity contribution < 1.29 is 17.6 Å². The summed E-state index contributed by atoms with van der Waals surface area (Å²) in [5, 5.41) is 2.91. The van der Waals surface area contributed by atoms with E-state index in [9.17, 15) is 17.6 Å². The van der Waals surface area contributed by atoms with Gasteiger partial charge in [-0.1, -0.05) is 42.5 Å². The fraction of sp³-hybridized carbons (Fsp3) is 0.381. The van der Waals surface area contributed by atoms with Gasteiger partial charge in [0.05, 0.1) is 0 Å². The number of halogens is 1. The molecule has 0 saturated carbocycles. The molecule has 0 aromatic heterocycles. The molecule has 5 nitrogen and oxygen atoms in total. The van der Waals surface area contributed by atoms with Gasteiger partial charge in [-0.15, -0.1) is 0 Å². The Hall–Kier alpha value is -2.25. The van der Waals surface area contributed by atoms with Gasteiger partial charge in [-0.25, -0.2) is 12.8 Å². The lowest BCUT2D eigenvalue weighted by Gasteiger charge is -2.31. The molecule has 1 aliphatic heterocycles. The number of carbonyl (C=O) groups is 1. The minimum atomic E-state index is -3.81. The highest BCUT2D eigenvalue weighted by Crippen LogP contribution is 2.27. The van der Waals surface area contributed by atoms with Gasteiger partial charge in [0.25, 0.3) is 0 Å². The molecule has 150 valence electrons. The van der Waals surface area contributed by atoms with Crippen molar-refractivity contribution in [3.63, 3.8) is 0 Å². The van der Waals surface area contributed by atoms with E-state index in [0.717, 1.165) is 18.1 Å². The molecule has 0 atom stereocenters. The first-order valence-corrected chi connectivity index (χ1v) is 11.0. The van der Waals surface area contributed by atoms with Crippen molar-refractivity contribution in [3.8, 4) is 0 Å². The van der Waals surface area contributed by atoms with Gasteiger partial charge in [-0.2, -0.15) is 4.31 Å². The van der Waals surface area contributed by atoms with E-state index in [1.165, 1.54) is 22.5 Å². The number of rotatable bonds is 7. The lowest BCUT2D eigenvalue weighted by Crippen LogP contribution is -2.39. The second-order valence-electron chi connectivity index (χ2n) is 7.08. The number of nitrogens with one attached hydrogen (secondary N) is 1. The number of piperidine rings is 1. The number of sulfonamides is 1. The molecule has 0 aliphatic carbocycles. The van der Waals surface area contributed by atoms with E-state index in [-0.39, 0.29) is 10.8 Å². The zero-order valence-electron chi connectivity index (χ0n) is 15.7. The summed E-state index contributed by atoms with van der Waals surface area (Å²) in [6.45, 7) is 1.22. The zero-order valence-corrected chi connectivity index (χ0v) is 16.5. The molecule has 1 aliphatic rings.